The minimum absolute atomic E-state index is 0.0397. The lowest BCUT2D eigenvalue weighted by Gasteiger charge is -2.08. The van der Waals surface area contributed by atoms with E-state index in [-0.39, 0.29) is 11.9 Å². The molecule has 1 aromatic heterocycles. The van der Waals surface area contributed by atoms with Crippen LogP contribution in [0, 0.1) is 11.3 Å². The second kappa shape index (κ2) is 4.67. The Morgan fingerprint density at radius 3 is 3.19 bits per heavy atom. The largest absolute Gasteiger partial charge is 0.348 e. The molecule has 4 heteroatoms. The highest BCUT2D eigenvalue weighted by Gasteiger charge is 2.19. The molecule has 0 aromatic carbocycles. The van der Waals surface area contributed by atoms with Crippen molar-refractivity contribution in [3.63, 3.8) is 0 Å². The van der Waals surface area contributed by atoms with Crippen LogP contribution in [0.15, 0.2) is 6.07 Å². The van der Waals surface area contributed by atoms with E-state index in [1.807, 2.05) is 13.0 Å². The van der Waals surface area contributed by atoms with Gasteiger partial charge in [-0.3, -0.25) is 4.79 Å². The van der Waals surface area contributed by atoms with Gasteiger partial charge < -0.3 is 5.32 Å². The first kappa shape index (κ1) is 11.2. The number of carbonyl (C=O) groups excluding carboxylic acids is 1. The molecule has 0 saturated carbocycles. The number of hydrogen-bond acceptors (Lipinski definition) is 3. The smallest absolute Gasteiger partial charge is 0.261 e. The maximum absolute atomic E-state index is 11.8. The van der Waals surface area contributed by atoms with Gasteiger partial charge in [-0.1, -0.05) is 0 Å². The van der Waals surface area contributed by atoms with E-state index in [2.05, 4.69) is 11.4 Å². The number of thiophene rings is 1. The van der Waals surface area contributed by atoms with Crippen molar-refractivity contribution in [1.82, 2.24) is 5.32 Å². The van der Waals surface area contributed by atoms with Crippen molar-refractivity contribution in [2.24, 2.45) is 0 Å². The monoisotopic (exact) mass is 234 g/mol. The van der Waals surface area contributed by atoms with E-state index in [9.17, 15) is 4.79 Å². The molecule has 1 aliphatic rings. The molecule has 1 heterocycles. The number of nitrogens with one attached hydrogen (secondary N) is 1. The Labute approximate surface area is 99.1 Å². The van der Waals surface area contributed by atoms with Crippen molar-refractivity contribution in [3.05, 3.63) is 21.4 Å². The topological polar surface area (TPSA) is 52.9 Å². The Bertz CT molecular complexity index is 423. The van der Waals surface area contributed by atoms with Crippen LogP contribution in [0.1, 0.15) is 39.9 Å². The molecule has 0 radical (unpaired) electrons. The zero-order valence-electron chi connectivity index (χ0n) is 9.25. The van der Waals surface area contributed by atoms with Crippen LogP contribution in [0.4, 0.5) is 0 Å². The van der Waals surface area contributed by atoms with Gasteiger partial charge in [-0.05, 0) is 37.8 Å². The molecule has 0 saturated heterocycles. The average molecular weight is 234 g/mol. The van der Waals surface area contributed by atoms with Crippen LogP contribution in [0.25, 0.3) is 0 Å². The van der Waals surface area contributed by atoms with Gasteiger partial charge in [0.25, 0.3) is 5.91 Å². The number of rotatable bonds is 3. The van der Waals surface area contributed by atoms with Gasteiger partial charge in [-0.15, -0.1) is 11.3 Å². The normalized spacial score (nSPS) is 15.2. The van der Waals surface area contributed by atoms with E-state index < -0.39 is 0 Å². The van der Waals surface area contributed by atoms with Crippen molar-refractivity contribution < 1.29 is 4.79 Å². The standard InChI is InChI=1S/C12H14N2OS/c1-8(5-6-13)14-12(15)11-7-9-3-2-4-10(9)16-11/h7-8H,2-5H2,1H3,(H,14,15). The van der Waals surface area contributed by atoms with Gasteiger partial charge in [-0.2, -0.15) is 5.26 Å². The number of aryl methyl sites for hydroxylation is 2. The zero-order valence-corrected chi connectivity index (χ0v) is 10.1. The summed E-state index contributed by atoms with van der Waals surface area (Å²) < 4.78 is 0. The van der Waals surface area contributed by atoms with E-state index >= 15 is 0 Å². The van der Waals surface area contributed by atoms with E-state index in [1.165, 1.54) is 16.9 Å². The highest BCUT2D eigenvalue weighted by atomic mass is 32.1. The Morgan fingerprint density at radius 1 is 1.69 bits per heavy atom. The molecule has 0 aliphatic heterocycles. The Hall–Kier alpha value is -1.34. The summed E-state index contributed by atoms with van der Waals surface area (Å²) in [6.45, 7) is 1.85. The molecule has 1 atom stereocenters. The Morgan fingerprint density at radius 2 is 2.50 bits per heavy atom. The predicted molar refractivity (Wildman–Crippen MR) is 63.5 cm³/mol. The highest BCUT2D eigenvalue weighted by Crippen LogP contribution is 2.30. The zero-order chi connectivity index (χ0) is 11.5. The molecule has 0 fully saturated rings. The first-order valence-electron chi connectivity index (χ1n) is 5.50. The van der Waals surface area contributed by atoms with Crippen LogP contribution in [0.3, 0.4) is 0 Å². The summed E-state index contributed by atoms with van der Waals surface area (Å²) in [4.78, 5) is 14.0. The van der Waals surface area contributed by atoms with Crippen LogP contribution in [-0.2, 0) is 12.8 Å². The molecule has 1 aliphatic carbocycles. The van der Waals surface area contributed by atoms with Crippen LogP contribution >= 0.6 is 11.3 Å². The molecule has 3 nitrogen and oxygen atoms in total. The van der Waals surface area contributed by atoms with Crippen LogP contribution in [0.5, 0.6) is 0 Å². The van der Waals surface area contributed by atoms with Gasteiger partial charge in [0, 0.05) is 10.9 Å². The molecule has 2 rings (SSSR count). The molecule has 0 spiro atoms. The quantitative estimate of drug-likeness (QED) is 0.872. The van der Waals surface area contributed by atoms with Crippen molar-refractivity contribution in [3.8, 4) is 6.07 Å². The number of carbonyl (C=O) groups is 1. The Balaban J connectivity index is 2.02. The molecule has 0 bridgehead atoms. The molecule has 1 aromatic rings. The number of nitriles is 1. The summed E-state index contributed by atoms with van der Waals surface area (Å²) in [6.07, 6.45) is 3.79. The van der Waals surface area contributed by atoms with Gasteiger partial charge in [0.15, 0.2) is 0 Å². The highest BCUT2D eigenvalue weighted by molar-refractivity contribution is 7.14. The summed E-state index contributed by atoms with van der Waals surface area (Å²) in [5, 5.41) is 11.4. The van der Waals surface area contributed by atoms with Gasteiger partial charge in [0.2, 0.25) is 0 Å². The van der Waals surface area contributed by atoms with Crippen molar-refractivity contribution in [2.45, 2.75) is 38.6 Å². The number of hydrogen-bond donors (Lipinski definition) is 1. The molecular formula is C12H14N2OS. The van der Waals surface area contributed by atoms with Crippen molar-refractivity contribution in [1.29, 1.82) is 5.26 Å². The van der Waals surface area contributed by atoms with Gasteiger partial charge >= 0.3 is 0 Å². The maximum Gasteiger partial charge on any atom is 0.261 e. The van der Waals surface area contributed by atoms with Crippen LogP contribution in [-0.4, -0.2) is 11.9 Å². The van der Waals surface area contributed by atoms with E-state index in [0.717, 1.165) is 17.7 Å². The average Bonchev–Trinajstić information content (AvgIpc) is 2.76. The third kappa shape index (κ3) is 2.25. The fourth-order valence-corrected chi connectivity index (χ4v) is 3.08. The second-order valence-corrected chi connectivity index (χ2v) is 5.29. The van der Waals surface area contributed by atoms with Crippen molar-refractivity contribution >= 4 is 17.2 Å². The first-order valence-corrected chi connectivity index (χ1v) is 6.31. The molecule has 1 amide bonds. The minimum atomic E-state index is -0.0746. The summed E-state index contributed by atoms with van der Waals surface area (Å²) >= 11 is 1.60. The lowest BCUT2D eigenvalue weighted by atomic mass is 10.2. The third-order valence-electron chi connectivity index (χ3n) is 2.75. The number of amides is 1. The summed E-state index contributed by atoms with van der Waals surface area (Å²) in [7, 11) is 0. The number of nitrogens with zero attached hydrogens (tertiary/aromatic N) is 1. The fraction of sp³-hybridized carbons (Fsp3) is 0.500. The maximum atomic E-state index is 11.8. The lowest BCUT2D eigenvalue weighted by molar-refractivity contribution is 0.0945. The van der Waals surface area contributed by atoms with Gasteiger partial charge in [-0.25, -0.2) is 0 Å². The van der Waals surface area contributed by atoms with Crippen LogP contribution in [0.2, 0.25) is 0 Å². The SMILES string of the molecule is CC(CC#N)NC(=O)c1cc2c(s1)CCC2. The number of fused-ring (bicyclic) bond motifs is 1. The minimum Gasteiger partial charge on any atom is -0.348 e. The van der Waals surface area contributed by atoms with Gasteiger partial charge in [0.1, 0.15) is 0 Å². The fourth-order valence-electron chi connectivity index (χ4n) is 1.92. The third-order valence-corrected chi connectivity index (χ3v) is 3.98. The predicted octanol–water partition coefficient (Wildman–Crippen LogP) is 2.27. The molecule has 16 heavy (non-hydrogen) atoms. The molecule has 1 N–H and O–H groups in total. The molecule has 1 unspecified atom stereocenters. The molecular weight excluding hydrogens is 220 g/mol. The summed E-state index contributed by atoms with van der Waals surface area (Å²) in [5.74, 6) is -0.0397. The van der Waals surface area contributed by atoms with Crippen molar-refractivity contribution in [2.75, 3.05) is 0 Å². The lowest BCUT2D eigenvalue weighted by Crippen LogP contribution is -2.31. The van der Waals surface area contributed by atoms with Crippen LogP contribution < -0.4 is 5.32 Å². The van der Waals surface area contributed by atoms with Gasteiger partial charge in [0.05, 0.1) is 17.4 Å². The van der Waals surface area contributed by atoms with E-state index in [0.29, 0.717) is 6.42 Å². The first-order chi connectivity index (χ1) is 7.70. The second-order valence-electron chi connectivity index (χ2n) is 4.15. The van der Waals surface area contributed by atoms with E-state index in [4.69, 9.17) is 5.26 Å². The summed E-state index contributed by atoms with van der Waals surface area (Å²) in [6, 6.07) is 3.98. The van der Waals surface area contributed by atoms with E-state index in [1.54, 1.807) is 11.3 Å². The summed E-state index contributed by atoms with van der Waals surface area (Å²) in [5.41, 5.74) is 1.34. The Kier molecular flexibility index (Phi) is 3.25. The molecule has 84 valence electrons.